The molecule has 6 heteroatoms. The van der Waals surface area contributed by atoms with E-state index in [-0.39, 0.29) is 16.2 Å². The van der Waals surface area contributed by atoms with Crippen LogP contribution in [0, 0.1) is 0 Å². The summed E-state index contributed by atoms with van der Waals surface area (Å²) in [6.07, 6.45) is 4.31. The number of Topliss-reactive ketones (excluding diaryl/α,β-unsaturated/α-hetero) is 1. The van der Waals surface area contributed by atoms with Gasteiger partial charge in [0.25, 0.3) is 0 Å². The Hall–Kier alpha value is -1.40. The van der Waals surface area contributed by atoms with Crippen molar-refractivity contribution in [3.63, 3.8) is 0 Å². The van der Waals surface area contributed by atoms with Crippen molar-refractivity contribution in [2.24, 2.45) is 0 Å². The first-order valence-corrected chi connectivity index (χ1v) is 8.41. The van der Waals surface area contributed by atoms with E-state index in [9.17, 15) is 18.3 Å². The van der Waals surface area contributed by atoms with E-state index in [1.54, 1.807) is 6.07 Å². The summed E-state index contributed by atoms with van der Waals surface area (Å²) in [6.45, 7) is 1.25. The van der Waals surface area contributed by atoms with Gasteiger partial charge in [-0.3, -0.25) is 4.79 Å². The molecule has 0 radical (unpaired) electrons. The zero-order chi connectivity index (χ0) is 15.3. The molecule has 0 saturated carbocycles. The maximum Gasteiger partial charge on any atom is 0.189 e. The van der Waals surface area contributed by atoms with Gasteiger partial charge in [-0.05, 0) is 24.5 Å². The summed E-state index contributed by atoms with van der Waals surface area (Å²) >= 11 is 0. The Morgan fingerprint density at radius 3 is 2.40 bits per heavy atom. The van der Waals surface area contributed by atoms with E-state index < -0.39 is 22.2 Å². The molecule has 0 aromatic heterocycles. The van der Waals surface area contributed by atoms with E-state index >= 15 is 0 Å². The molecule has 20 heavy (non-hydrogen) atoms. The molecule has 0 saturated heterocycles. The number of aliphatic hydroxyl groups is 1. The van der Waals surface area contributed by atoms with Crippen LogP contribution in [0.5, 0.6) is 5.75 Å². The molecule has 112 valence electrons. The Bertz CT molecular complexity index is 590. The van der Waals surface area contributed by atoms with Crippen molar-refractivity contribution in [3.8, 4) is 5.75 Å². The van der Waals surface area contributed by atoms with Gasteiger partial charge >= 0.3 is 0 Å². The number of benzene rings is 1. The van der Waals surface area contributed by atoms with Crippen LogP contribution in [0.15, 0.2) is 17.0 Å². The smallest absolute Gasteiger partial charge is 0.189 e. The molecular formula is C14H20O5S. The normalized spacial score (nSPS) is 11.6. The maximum absolute atomic E-state index is 11.8. The summed E-state index contributed by atoms with van der Waals surface area (Å²) in [5, 5.41) is 19.0. The van der Waals surface area contributed by atoms with Crippen molar-refractivity contribution < 1.29 is 23.4 Å². The lowest BCUT2D eigenvalue weighted by molar-refractivity contribution is 0.0899. The molecule has 0 bridgehead atoms. The Labute approximate surface area is 119 Å². The Balaban J connectivity index is 3.33. The molecule has 0 aliphatic rings. The zero-order valence-corrected chi connectivity index (χ0v) is 12.5. The van der Waals surface area contributed by atoms with Crippen LogP contribution in [-0.4, -0.2) is 37.3 Å². The van der Waals surface area contributed by atoms with E-state index in [1.807, 2.05) is 6.92 Å². The van der Waals surface area contributed by atoms with Gasteiger partial charge in [0.05, 0.1) is 0 Å². The number of unbranched alkanes of at least 4 members (excludes halogenated alkanes) is 2. The quantitative estimate of drug-likeness (QED) is 0.591. The summed E-state index contributed by atoms with van der Waals surface area (Å²) in [4.78, 5) is 11.2. The molecule has 0 unspecified atom stereocenters. The minimum Gasteiger partial charge on any atom is -0.506 e. The van der Waals surface area contributed by atoms with Gasteiger partial charge in [0.15, 0.2) is 15.6 Å². The number of ketones is 1. The SMILES string of the molecule is CCCCCc1ccc(C(=O)CO)c(S(C)(=O)=O)c1O. The van der Waals surface area contributed by atoms with Crippen LogP contribution in [0.3, 0.4) is 0 Å². The van der Waals surface area contributed by atoms with E-state index in [2.05, 4.69) is 0 Å². The van der Waals surface area contributed by atoms with Gasteiger partial charge in [-0.15, -0.1) is 0 Å². The third kappa shape index (κ3) is 3.80. The van der Waals surface area contributed by atoms with Crippen LogP contribution in [-0.2, 0) is 16.3 Å². The van der Waals surface area contributed by atoms with E-state index in [1.165, 1.54) is 6.07 Å². The van der Waals surface area contributed by atoms with Crippen molar-refractivity contribution in [2.45, 2.75) is 37.5 Å². The van der Waals surface area contributed by atoms with Crippen molar-refractivity contribution in [2.75, 3.05) is 12.9 Å². The van der Waals surface area contributed by atoms with Crippen molar-refractivity contribution in [3.05, 3.63) is 23.3 Å². The number of sulfone groups is 1. The number of carbonyl (C=O) groups excluding carboxylic acids is 1. The molecule has 5 nitrogen and oxygen atoms in total. The molecule has 0 spiro atoms. The van der Waals surface area contributed by atoms with Gasteiger partial charge in [-0.25, -0.2) is 8.42 Å². The molecular weight excluding hydrogens is 280 g/mol. The van der Waals surface area contributed by atoms with Gasteiger partial charge in [0, 0.05) is 11.8 Å². The number of aromatic hydroxyl groups is 1. The molecule has 0 amide bonds. The van der Waals surface area contributed by atoms with Gasteiger partial charge in [-0.1, -0.05) is 25.8 Å². The number of aryl methyl sites for hydroxylation is 1. The first-order chi connectivity index (χ1) is 9.32. The lowest BCUT2D eigenvalue weighted by Gasteiger charge is -2.12. The summed E-state index contributed by atoms with van der Waals surface area (Å²) in [5.41, 5.74) is 0.347. The fourth-order valence-electron chi connectivity index (χ4n) is 2.06. The lowest BCUT2D eigenvalue weighted by atomic mass is 10.0. The topological polar surface area (TPSA) is 91.7 Å². The third-order valence-corrected chi connectivity index (χ3v) is 4.23. The molecule has 2 N–H and O–H groups in total. The van der Waals surface area contributed by atoms with Crippen LogP contribution in [0.4, 0.5) is 0 Å². The molecule has 1 aromatic rings. The Morgan fingerprint density at radius 1 is 1.25 bits per heavy atom. The van der Waals surface area contributed by atoms with Crippen LogP contribution >= 0.6 is 0 Å². The Morgan fingerprint density at radius 2 is 1.90 bits per heavy atom. The highest BCUT2D eigenvalue weighted by Gasteiger charge is 2.24. The molecule has 1 rings (SSSR count). The summed E-state index contributed by atoms with van der Waals surface area (Å²) in [6, 6.07) is 2.90. The standard InChI is InChI=1S/C14H20O5S/c1-3-4-5-6-10-7-8-11(12(16)9-15)14(13(10)17)20(2,18)19/h7-8,15,17H,3-6,9H2,1-2H3. The number of hydrogen-bond donors (Lipinski definition) is 2. The van der Waals surface area contributed by atoms with E-state index in [4.69, 9.17) is 5.11 Å². The average Bonchev–Trinajstić information content (AvgIpc) is 2.38. The van der Waals surface area contributed by atoms with Gasteiger partial charge in [0.1, 0.15) is 17.3 Å². The van der Waals surface area contributed by atoms with Crippen LogP contribution in [0.1, 0.15) is 42.1 Å². The first-order valence-electron chi connectivity index (χ1n) is 6.51. The number of hydrogen-bond acceptors (Lipinski definition) is 5. The van der Waals surface area contributed by atoms with Crippen LogP contribution < -0.4 is 0 Å². The van der Waals surface area contributed by atoms with Gasteiger partial charge in [0.2, 0.25) is 0 Å². The summed E-state index contributed by atoms with van der Waals surface area (Å²) < 4.78 is 23.6. The summed E-state index contributed by atoms with van der Waals surface area (Å²) in [7, 11) is -3.75. The number of phenolic OH excluding ortho intramolecular Hbond substituents is 1. The molecule has 1 aromatic carbocycles. The fourth-order valence-corrected chi connectivity index (χ4v) is 3.12. The Kier molecular flexibility index (Phi) is 5.71. The van der Waals surface area contributed by atoms with Crippen molar-refractivity contribution >= 4 is 15.6 Å². The van der Waals surface area contributed by atoms with Crippen LogP contribution in [0.25, 0.3) is 0 Å². The summed E-state index contributed by atoms with van der Waals surface area (Å²) in [5.74, 6) is -1.09. The molecule has 0 aliphatic heterocycles. The zero-order valence-electron chi connectivity index (χ0n) is 11.7. The number of carbonyl (C=O) groups is 1. The van der Waals surface area contributed by atoms with Gasteiger partial charge < -0.3 is 10.2 Å². The first kappa shape index (κ1) is 16.7. The second kappa shape index (κ2) is 6.85. The molecule has 0 atom stereocenters. The lowest BCUT2D eigenvalue weighted by Crippen LogP contribution is -2.12. The minimum absolute atomic E-state index is 0.160. The van der Waals surface area contributed by atoms with Gasteiger partial charge in [-0.2, -0.15) is 0 Å². The molecule has 0 heterocycles. The predicted molar refractivity (Wildman–Crippen MR) is 75.9 cm³/mol. The minimum atomic E-state index is -3.75. The molecule has 0 fully saturated rings. The fraction of sp³-hybridized carbons (Fsp3) is 0.500. The van der Waals surface area contributed by atoms with Crippen LogP contribution in [0.2, 0.25) is 0 Å². The highest BCUT2D eigenvalue weighted by Crippen LogP contribution is 2.32. The number of phenols is 1. The largest absolute Gasteiger partial charge is 0.506 e. The average molecular weight is 300 g/mol. The van der Waals surface area contributed by atoms with Crippen molar-refractivity contribution in [1.29, 1.82) is 0 Å². The van der Waals surface area contributed by atoms with Crippen molar-refractivity contribution in [1.82, 2.24) is 0 Å². The highest BCUT2D eigenvalue weighted by molar-refractivity contribution is 7.90. The molecule has 0 aliphatic carbocycles. The third-order valence-electron chi connectivity index (χ3n) is 3.08. The second-order valence-electron chi connectivity index (χ2n) is 4.76. The maximum atomic E-state index is 11.8. The highest BCUT2D eigenvalue weighted by atomic mass is 32.2. The predicted octanol–water partition coefficient (Wildman–Crippen LogP) is 1.70. The number of rotatable bonds is 7. The van der Waals surface area contributed by atoms with E-state index in [0.29, 0.717) is 12.0 Å². The number of aliphatic hydroxyl groups excluding tert-OH is 1. The second-order valence-corrected chi connectivity index (χ2v) is 6.71. The van der Waals surface area contributed by atoms with E-state index in [0.717, 1.165) is 25.5 Å². The monoisotopic (exact) mass is 300 g/mol.